The summed E-state index contributed by atoms with van der Waals surface area (Å²) in [6.45, 7) is 0.698. The zero-order valence-electron chi connectivity index (χ0n) is 18.3. The molecule has 3 aromatic carbocycles. The highest BCUT2D eigenvalue weighted by Gasteiger charge is 2.09. The van der Waals surface area contributed by atoms with Crippen LogP contribution in [0.15, 0.2) is 84.3 Å². The lowest BCUT2D eigenvalue weighted by Gasteiger charge is -2.08. The summed E-state index contributed by atoms with van der Waals surface area (Å²) in [4.78, 5) is 24.3. The zero-order chi connectivity index (χ0) is 24.4. The molecule has 0 radical (unpaired) electrons. The molecule has 3 aromatic rings. The molecule has 9 heteroatoms. The van der Waals surface area contributed by atoms with Crippen LogP contribution in [0.25, 0.3) is 6.08 Å². The second-order valence-corrected chi connectivity index (χ2v) is 8.92. The van der Waals surface area contributed by atoms with E-state index < -0.39 is 10.0 Å². The van der Waals surface area contributed by atoms with E-state index in [1.807, 2.05) is 18.2 Å². The van der Waals surface area contributed by atoms with E-state index in [2.05, 4.69) is 15.4 Å². The smallest absolute Gasteiger partial charge is 0.255 e. The van der Waals surface area contributed by atoms with Crippen LogP contribution in [0.5, 0.6) is 5.75 Å². The Balaban J connectivity index is 1.42. The molecule has 8 nitrogen and oxygen atoms in total. The zero-order valence-corrected chi connectivity index (χ0v) is 19.1. The van der Waals surface area contributed by atoms with Gasteiger partial charge in [-0.15, -0.1) is 0 Å². The summed E-state index contributed by atoms with van der Waals surface area (Å²) in [5, 5.41) is 16.0. The number of carbonyl (C=O) groups is 2. The first-order valence-corrected chi connectivity index (χ1v) is 12.1. The summed E-state index contributed by atoms with van der Waals surface area (Å²) in [5.74, 6) is -0.598. The van der Waals surface area contributed by atoms with Crippen LogP contribution in [0.4, 0.5) is 5.69 Å². The van der Waals surface area contributed by atoms with Crippen LogP contribution in [0.2, 0.25) is 0 Å². The van der Waals surface area contributed by atoms with Crippen LogP contribution in [-0.4, -0.2) is 38.4 Å². The second-order valence-electron chi connectivity index (χ2n) is 7.35. The van der Waals surface area contributed by atoms with E-state index in [-0.39, 0.29) is 17.6 Å². The fraction of sp³-hybridized carbons (Fsp3) is 0.120. The number of aromatic hydroxyl groups is 1. The number of anilines is 1. The fourth-order valence-corrected chi connectivity index (χ4v) is 3.83. The number of hydrogen-bond acceptors (Lipinski definition) is 5. The molecular formula is C25H25N3O5S. The molecular weight excluding hydrogens is 454 g/mol. The summed E-state index contributed by atoms with van der Waals surface area (Å²) < 4.78 is 26.9. The average molecular weight is 480 g/mol. The van der Waals surface area contributed by atoms with Gasteiger partial charge in [0.1, 0.15) is 5.75 Å². The van der Waals surface area contributed by atoms with Crippen molar-refractivity contribution in [3.8, 4) is 5.75 Å². The maximum Gasteiger partial charge on any atom is 0.255 e. The van der Waals surface area contributed by atoms with E-state index in [1.54, 1.807) is 24.3 Å². The predicted molar refractivity (Wildman–Crippen MR) is 132 cm³/mol. The van der Waals surface area contributed by atoms with Gasteiger partial charge in [-0.1, -0.05) is 36.4 Å². The molecule has 4 N–H and O–H groups in total. The lowest BCUT2D eigenvalue weighted by molar-refractivity contribution is 0.0951. The predicted octanol–water partition coefficient (Wildman–Crippen LogP) is 3.35. The Morgan fingerprint density at radius 1 is 0.794 bits per heavy atom. The molecule has 0 aliphatic rings. The molecule has 0 unspecified atom stereocenters. The molecule has 0 bridgehead atoms. The maximum atomic E-state index is 12.3. The quantitative estimate of drug-likeness (QED) is 0.332. The van der Waals surface area contributed by atoms with Crippen molar-refractivity contribution < 1.29 is 23.1 Å². The summed E-state index contributed by atoms with van der Waals surface area (Å²) in [5.41, 5.74) is 1.84. The summed E-state index contributed by atoms with van der Waals surface area (Å²) in [7, 11) is -3.70. The minimum absolute atomic E-state index is 0.0161. The van der Waals surface area contributed by atoms with Gasteiger partial charge in [-0.3, -0.25) is 14.3 Å². The number of amides is 2. The van der Waals surface area contributed by atoms with E-state index in [0.717, 1.165) is 11.0 Å². The van der Waals surface area contributed by atoms with E-state index in [1.165, 1.54) is 42.5 Å². The number of phenols is 1. The normalized spacial score (nSPS) is 11.2. The fourth-order valence-electron chi connectivity index (χ4n) is 2.96. The third kappa shape index (κ3) is 7.79. The molecule has 0 atom stereocenters. The monoisotopic (exact) mass is 479 g/mol. The summed E-state index contributed by atoms with van der Waals surface area (Å²) in [6, 6.07) is 21.2. The Kier molecular flexibility index (Phi) is 8.42. The minimum Gasteiger partial charge on any atom is -0.508 e. The number of rotatable bonds is 10. The summed E-state index contributed by atoms with van der Waals surface area (Å²) >= 11 is 0. The number of phenolic OH excluding ortho intramolecular Hbond substituents is 1. The first-order chi connectivity index (χ1) is 16.3. The Labute approximate surface area is 198 Å². The first kappa shape index (κ1) is 24.5. The molecule has 2 amide bonds. The third-order valence-corrected chi connectivity index (χ3v) is 5.69. The molecule has 0 heterocycles. The van der Waals surface area contributed by atoms with Crippen LogP contribution in [0.1, 0.15) is 32.7 Å². The van der Waals surface area contributed by atoms with Crippen molar-refractivity contribution in [3.63, 3.8) is 0 Å². The topological polar surface area (TPSA) is 125 Å². The lowest BCUT2D eigenvalue weighted by Crippen LogP contribution is -2.29. The minimum atomic E-state index is -3.70. The molecule has 0 aromatic heterocycles. The van der Waals surface area contributed by atoms with Crippen molar-refractivity contribution in [3.05, 3.63) is 101 Å². The van der Waals surface area contributed by atoms with Gasteiger partial charge in [-0.25, -0.2) is 8.42 Å². The van der Waals surface area contributed by atoms with E-state index in [9.17, 15) is 23.1 Å². The molecule has 0 spiro atoms. The molecule has 0 aliphatic heterocycles. The maximum absolute atomic E-state index is 12.3. The van der Waals surface area contributed by atoms with Gasteiger partial charge in [0.15, 0.2) is 0 Å². The van der Waals surface area contributed by atoms with Gasteiger partial charge < -0.3 is 15.7 Å². The van der Waals surface area contributed by atoms with Gasteiger partial charge in [0.2, 0.25) is 0 Å². The Bertz CT molecular complexity index is 1260. The van der Waals surface area contributed by atoms with Crippen LogP contribution in [0, 0.1) is 0 Å². The average Bonchev–Trinajstić information content (AvgIpc) is 2.83. The SMILES string of the molecule is O=C(NCCCNC(=O)c1cccc(O)c1)c1ccc(NS(=O)(=O)/C=C/c2ccccc2)cc1. The number of hydrogen-bond donors (Lipinski definition) is 4. The van der Waals surface area contributed by atoms with Crippen LogP contribution in [-0.2, 0) is 10.0 Å². The van der Waals surface area contributed by atoms with Gasteiger partial charge in [0.25, 0.3) is 21.8 Å². The van der Waals surface area contributed by atoms with Gasteiger partial charge in [-0.2, -0.15) is 0 Å². The lowest BCUT2D eigenvalue weighted by atomic mass is 10.2. The van der Waals surface area contributed by atoms with Crippen molar-refractivity contribution in [2.24, 2.45) is 0 Å². The molecule has 0 saturated heterocycles. The number of benzene rings is 3. The highest BCUT2D eigenvalue weighted by Crippen LogP contribution is 2.13. The van der Waals surface area contributed by atoms with Crippen LogP contribution in [0.3, 0.4) is 0 Å². The van der Waals surface area contributed by atoms with Crippen molar-refractivity contribution in [2.75, 3.05) is 17.8 Å². The van der Waals surface area contributed by atoms with E-state index >= 15 is 0 Å². The van der Waals surface area contributed by atoms with E-state index in [0.29, 0.717) is 36.3 Å². The van der Waals surface area contributed by atoms with Crippen LogP contribution >= 0.6 is 0 Å². The van der Waals surface area contributed by atoms with Gasteiger partial charge in [-0.05, 0) is 60.5 Å². The van der Waals surface area contributed by atoms with Crippen molar-refractivity contribution in [1.29, 1.82) is 0 Å². The standard InChI is InChI=1S/C25H25N3O5S/c29-23-9-4-8-21(18-23)25(31)27-16-5-15-26-24(30)20-10-12-22(13-11-20)28-34(32,33)17-14-19-6-2-1-3-7-19/h1-4,6-14,17-18,28-29H,5,15-16H2,(H,26,30)(H,27,31)/b17-14+. The third-order valence-electron chi connectivity index (χ3n) is 4.68. The van der Waals surface area contributed by atoms with Gasteiger partial charge >= 0.3 is 0 Å². The Morgan fingerprint density at radius 2 is 1.44 bits per heavy atom. The van der Waals surface area contributed by atoms with Crippen molar-refractivity contribution >= 4 is 33.6 Å². The molecule has 0 aliphatic carbocycles. The molecule has 34 heavy (non-hydrogen) atoms. The molecule has 0 fully saturated rings. The molecule has 176 valence electrons. The number of carbonyl (C=O) groups excluding carboxylic acids is 2. The number of nitrogens with one attached hydrogen (secondary N) is 3. The van der Waals surface area contributed by atoms with Gasteiger partial charge in [0, 0.05) is 29.9 Å². The Hall–Kier alpha value is -4.11. The molecule has 0 saturated carbocycles. The summed E-state index contributed by atoms with van der Waals surface area (Å²) in [6.07, 6.45) is 2.01. The Morgan fingerprint density at radius 3 is 2.09 bits per heavy atom. The van der Waals surface area contributed by atoms with Gasteiger partial charge in [0.05, 0.1) is 5.41 Å². The number of sulfonamides is 1. The molecule has 3 rings (SSSR count). The highest BCUT2D eigenvalue weighted by molar-refractivity contribution is 7.95. The second kappa shape index (κ2) is 11.7. The first-order valence-electron chi connectivity index (χ1n) is 10.5. The highest BCUT2D eigenvalue weighted by atomic mass is 32.2. The largest absolute Gasteiger partial charge is 0.508 e. The van der Waals surface area contributed by atoms with Crippen LogP contribution < -0.4 is 15.4 Å². The van der Waals surface area contributed by atoms with Crippen molar-refractivity contribution in [2.45, 2.75) is 6.42 Å². The van der Waals surface area contributed by atoms with E-state index in [4.69, 9.17) is 0 Å². The van der Waals surface area contributed by atoms with Crippen molar-refractivity contribution in [1.82, 2.24) is 10.6 Å².